The summed E-state index contributed by atoms with van der Waals surface area (Å²) in [6.45, 7) is 8.36. The SMILES string of the molecule is CCN(C(C)CCc1ccc(OC)cc1)C(C)(C)C(=O)O. The van der Waals surface area contributed by atoms with Gasteiger partial charge in [-0.05, 0) is 57.9 Å². The van der Waals surface area contributed by atoms with Gasteiger partial charge in [0.1, 0.15) is 11.3 Å². The van der Waals surface area contributed by atoms with Crippen LogP contribution < -0.4 is 4.74 Å². The Balaban J connectivity index is 2.66. The van der Waals surface area contributed by atoms with Crippen LogP contribution >= 0.6 is 0 Å². The highest BCUT2D eigenvalue weighted by Crippen LogP contribution is 2.21. The van der Waals surface area contributed by atoms with Crippen molar-refractivity contribution in [2.24, 2.45) is 0 Å². The van der Waals surface area contributed by atoms with E-state index in [1.54, 1.807) is 21.0 Å². The maximum Gasteiger partial charge on any atom is 0.323 e. The number of aryl methyl sites for hydroxylation is 1. The topological polar surface area (TPSA) is 49.8 Å². The molecule has 1 N–H and O–H groups in total. The van der Waals surface area contributed by atoms with E-state index in [1.165, 1.54) is 5.56 Å². The first kappa shape index (κ1) is 17.5. The maximum absolute atomic E-state index is 11.4. The second kappa shape index (κ2) is 7.46. The van der Waals surface area contributed by atoms with Crippen molar-refractivity contribution >= 4 is 5.97 Å². The molecule has 0 spiro atoms. The molecule has 1 aromatic rings. The molecule has 0 amide bonds. The second-order valence-electron chi connectivity index (χ2n) is 5.89. The molecule has 1 atom stereocenters. The van der Waals surface area contributed by atoms with Gasteiger partial charge in [0.05, 0.1) is 7.11 Å². The van der Waals surface area contributed by atoms with Crippen molar-refractivity contribution in [3.05, 3.63) is 29.8 Å². The minimum absolute atomic E-state index is 0.211. The summed E-state index contributed by atoms with van der Waals surface area (Å²) in [6.07, 6.45) is 1.86. The molecule has 0 saturated carbocycles. The predicted molar refractivity (Wildman–Crippen MR) is 84.9 cm³/mol. The van der Waals surface area contributed by atoms with E-state index in [9.17, 15) is 9.90 Å². The van der Waals surface area contributed by atoms with Gasteiger partial charge in [0, 0.05) is 6.04 Å². The van der Waals surface area contributed by atoms with Gasteiger partial charge in [0.15, 0.2) is 0 Å². The number of ether oxygens (including phenoxy) is 1. The predicted octanol–water partition coefficient (Wildman–Crippen LogP) is 3.20. The van der Waals surface area contributed by atoms with Gasteiger partial charge in [-0.3, -0.25) is 9.69 Å². The number of carboxylic acid groups (broad SMARTS) is 1. The van der Waals surface area contributed by atoms with Crippen LogP contribution in [-0.4, -0.2) is 41.2 Å². The number of hydrogen-bond donors (Lipinski definition) is 1. The van der Waals surface area contributed by atoms with Crippen LogP contribution in [0.25, 0.3) is 0 Å². The number of aliphatic carboxylic acids is 1. The largest absolute Gasteiger partial charge is 0.497 e. The summed E-state index contributed by atoms with van der Waals surface area (Å²) < 4.78 is 5.15. The quantitative estimate of drug-likeness (QED) is 0.799. The molecule has 4 nitrogen and oxygen atoms in total. The summed E-state index contributed by atoms with van der Waals surface area (Å²) in [5.74, 6) is 0.0784. The van der Waals surface area contributed by atoms with E-state index < -0.39 is 11.5 Å². The third kappa shape index (κ3) is 4.46. The van der Waals surface area contributed by atoms with E-state index >= 15 is 0 Å². The first-order chi connectivity index (χ1) is 9.82. The van der Waals surface area contributed by atoms with Crippen molar-refractivity contribution in [2.75, 3.05) is 13.7 Å². The molecule has 0 heterocycles. The smallest absolute Gasteiger partial charge is 0.323 e. The minimum Gasteiger partial charge on any atom is -0.497 e. The molecule has 0 aliphatic heterocycles. The molecule has 1 unspecified atom stereocenters. The molecule has 1 aromatic carbocycles. The van der Waals surface area contributed by atoms with Crippen LogP contribution in [0.1, 0.15) is 39.7 Å². The lowest BCUT2D eigenvalue weighted by Crippen LogP contribution is -2.53. The highest BCUT2D eigenvalue weighted by atomic mass is 16.5. The van der Waals surface area contributed by atoms with Gasteiger partial charge in [-0.25, -0.2) is 0 Å². The molecular formula is C17H27NO3. The number of methoxy groups -OCH3 is 1. The molecule has 1 rings (SSSR count). The van der Waals surface area contributed by atoms with E-state index in [1.807, 2.05) is 24.0 Å². The van der Waals surface area contributed by atoms with Gasteiger partial charge < -0.3 is 9.84 Å². The van der Waals surface area contributed by atoms with Crippen molar-refractivity contribution < 1.29 is 14.6 Å². The number of likely N-dealkylation sites (N-methyl/N-ethyl adjacent to an activating group) is 1. The lowest BCUT2D eigenvalue weighted by atomic mass is 9.97. The maximum atomic E-state index is 11.4. The van der Waals surface area contributed by atoms with E-state index in [4.69, 9.17) is 4.74 Å². The lowest BCUT2D eigenvalue weighted by Gasteiger charge is -2.39. The van der Waals surface area contributed by atoms with Crippen LogP contribution in [-0.2, 0) is 11.2 Å². The van der Waals surface area contributed by atoms with Crippen LogP contribution in [0.4, 0.5) is 0 Å². The van der Waals surface area contributed by atoms with E-state index in [0.29, 0.717) is 0 Å². The Bertz CT molecular complexity index is 454. The highest BCUT2D eigenvalue weighted by Gasteiger charge is 2.36. The first-order valence-electron chi connectivity index (χ1n) is 7.46. The summed E-state index contributed by atoms with van der Waals surface area (Å²) in [6, 6.07) is 8.24. The molecule has 21 heavy (non-hydrogen) atoms. The molecular weight excluding hydrogens is 266 g/mol. The normalized spacial score (nSPS) is 13.2. The molecule has 4 heteroatoms. The van der Waals surface area contributed by atoms with Gasteiger partial charge in [0.2, 0.25) is 0 Å². The highest BCUT2D eigenvalue weighted by molar-refractivity contribution is 5.77. The first-order valence-corrected chi connectivity index (χ1v) is 7.46. The summed E-state index contributed by atoms with van der Waals surface area (Å²) in [5.41, 5.74) is 0.403. The summed E-state index contributed by atoms with van der Waals surface area (Å²) in [5, 5.41) is 9.38. The van der Waals surface area contributed by atoms with Crippen LogP contribution in [0, 0.1) is 0 Å². The number of carboxylic acids is 1. The third-order valence-corrected chi connectivity index (χ3v) is 4.12. The van der Waals surface area contributed by atoms with Crippen LogP contribution in [0.2, 0.25) is 0 Å². The van der Waals surface area contributed by atoms with Gasteiger partial charge in [-0.15, -0.1) is 0 Å². The Morgan fingerprint density at radius 1 is 1.33 bits per heavy atom. The van der Waals surface area contributed by atoms with Crippen LogP contribution in [0.5, 0.6) is 5.75 Å². The van der Waals surface area contributed by atoms with E-state index in [-0.39, 0.29) is 6.04 Å². The van der Waals surface area contributed by atoms with Crippen molar-refractivity contribution in [2.45, 2.75) is 52.1 Å². The fourth-order valence-corrected chi connectivity index (χ4v) is 2.70. The Labute approximate surface area is 127 Å². The van der Waals surface area contributed by atoms with E-state index in [2.05, 4.69) is 19.1 Å². The zero-order valence-electron chi connectivity index (χ0n) is 13.7. The Hall–Kier alpha value is -1.55. The van der Waals surface area contributed by atoms with E-state index in [0.717, 1.165) is 25.1 Å². The average Bonchev–Trinajstić information content (AvgIpc) is 2.46. The molecule has 118 valence electrons. The average molecular weight is 293 g/mol. The molecule has 0 radical (unpaired) electrons. The number of carbonyl (C=O) groups is 1. The van der Waals surface area contributed by atoms with Gasteiger partial charge in [-0.1, -0.05) is 19.1 Å². The summed E-state index contributed by atoms with van der Waals surface area (Å²) in [4.78, 5) is 13.5. The monoisotopic (exact) mass is 293 g/mol. The fourth-order valence-electron chi connectivity index (χ4n) is 2.70. The van der Waals surface area contributed by atoms with Crippen molar-refractivity contribution in [1.29, 1.82) is 0 Å². The molecule has 0 aliphatic rings. The van der Waals surface area contributed by atoms with Gasteiger partial charge >= 0.3 is 5.97 Å². The molecule has 0 saturated heterocycles. The van der Waals surface area contributed by atoms with Crippen LogP contribution in [0.15, 0.2) is 24.3 Å². The third-order valence-electron chi connectivity index (χ3n) is 4.12. The standard InChI is InChI=1S/C17H27NO3/c1-6-18(17(3,4)16(19)20)13(2)7-8-14-9-11-15(21-5)12-10-14/h9-13H,6-8H2,1-5H3,(H,19,20). The second-order valence-corrected chi connectivity index (χ2v) is 5.89. The molecule has 0 aliphatic carbocycles. The minimum atomic E-state index is -0.839. The molecule has 0 fully saturated rings. The van der Waals surface area contributed by atoms with Crippen molar-refractivity contribution in [1.82, 2.24) is 4.90 Å². The number of benzene rings is 1. The van der Waals surface area contributed by atoms with Crippen molar-refractivity contribution in [3.8, 4) is 5.75 Å². The number of hydrogen-bond acceptors (Lipinski definition) is 3. The number of nitrogens with zero attached hydrogens (tertiary/aromatic N) is 1. The molecule has 0 aromatic heterocycles. The Kier molecular flexibility index (Phi) is 6.21. The summed E-state index contributed by atoms with van der Waals surface area (Å²) >= 11 is 0. The van der Waals surface area contributed by atoms with Crippen LogP contribution in [0.3, 0.4) is 0 Å². The Morgan fingerprint density at radius 3 is 2.33 bits per heavy atom. The zero-order chi connectivity index (χ0) is 16.0. The molecule has 0 bridgehead atoms. The summed E-state index contributed by atoms with van der Waals surface area (Å²) in [7, 11) is 1.66. The van der Waals surface area contributed by atoms with Gasteiger partial charge in [-0.2, -0.15) is 0 Å². The van der Waals surface area contributed by atoms with Gasteiger partial charge in [0.25, 0.3) is 0 Å². The Morgan fingerprint density at radius 2 is 1.90 bits per heavy atom. The number of rotatable bonds is 8. The zero-order valence-corrected chi connectivity index (χ0v) is 13.7. The van der Waals surface area contributed by atoms with Crippen molar-refractivity contribution in [3.63, 3.8) is 0 Å². The fraction of sp³-hybridized carbons (Fsp3) is 0.588. The lowest BCUT2D eigenvalue weighted by molar-refractivity contribution is -0.150.